The van der Waals surface area contributed by atoms with Gasteiger partial charge in [0, 0.05) is 12.3 Å². The predicted molar refractivity (Wildman–Crippen MR) is 72.5 cm³/mol. The second-order valence-electron chi connectivity index (χ2n) is 6.13. The Labute approximate surface area is 121 Å². The summed E-state index contributed by atoms with van der Waals surface area (Å²) in [6, 6.07) is 2.52. The Morgan fingerprint density at radius 3 is 2.14 bits per heavy atom. The second kappa shape index (κ2) is 4.88. The van der Waals surface area contributed by atoms with Crippen LogP contribution >= 0.6 is 0 Å². The van der Waals surface area contributed by atoms with Crippen molar-refractivity contribution in [1.82, 2.24) is 4.57 Å². The summed E-state index contributed by atoms with van der Waals surface area (Å²) in [6.45, 7) is 6.05. The maximum absolute atomic E-state index is 12.5. The van der Waals surface area contributed by atoms with Crippen molar-refractivity contribution >= 4 is 12.6 Å². The van der Waals surface area contributed by atoms with E-state index in [0.717, 1.165) is 12.3 Å². The van der Waals surface area contributed by atoms with Gasteiger partial charge in [0.25, 0.3) is 5.56 Å². The SMILES string of the molecule is CC1(C)OB(c2ccc(=O)n(CC(F)(F)F)c2)OC1(C)C. The molecule has 0 bridgehead atoms. The van der Waals surface area contributed by atoms with Crippen LogP contribution < -0.4 is 11.0 Å². The van der Waals surface area contributed by atoms with Crippen LogP contribution in [0.1, 0.15) is 27.7 Å². The highest BCUT2D eigenvalue weighted by atomic mass is 19.4. The third-order valence-electron chi connectivity index (χ3n) is 3.88. The van der Waals surface area contributed by atoms with E-state index in [1.165, 1.54) is 6.07 Å². The summed E-state index contributed by atoms with van der Waals surface area (Å²) in [5.74, 6) is 0. The lowest BCUT2D eigenvalue weighted by Gasteiger charge is -2.32. The van der Waals surface area contributed by atoms with Crippen LogP contribution in [0.25, 0.3) is 0 Å². The third kappa shape index (κ3) is 3.32. The standard InChI is InChI=1S/C13H17BF3NO3/c1-11(2)12(3,4)21-14(20-11)9-5-6-10(19)18(7-9)8-13(15,16)17/h5-7H,8H2,1-4H3. The first kappa shape index (κ1) is 16.1. The average molecular weight is 303 g/mol. The molecule has 0 saturated carbocycles. The summed E-state index contributed by atoms with van der Waals surface area (Å²) in [5, 5.41) is 0. The molecule has 0 aromatic carbocycles. The molecule has 1 aliphatic heterocycles. The Kier molecular flexibility index (Phi) is 3.74. The minimum atomic E-state index is -4.46. The minimum absolute atomic E-state index is 0.387. The van der Waals surface area contributed by atoms with E-state index in [0.29, 0.717) is 10.0 Å². The lowest BCUT2D eigenvalue weighted by atomic mass is 9.80. The first-order valence-electron chi connectivity index (χ1n) is 6.54. The van der Waals surface area contributed by atoms with Crippen LogP contribution in [0.5, 0.6) is 0 Å². The zero-order valence-electron chi connectivity index (χ0n) is 12.3. The van der Waals surface area contributed by atoms with Gasteiger partial charge in [0.05, 0.1) is 11.2 Å². The van der Waals surface area contributed by atoms with E-state index in [1.54, 1.807) is 0 Å². The van der Waals surface area contributed by atoms with Gasteiger partial charge in [0.15, 0.2) is 0 Å². The van der Waals surface area contributed by atoms with Crippen molar-refractivity contribution in [2.45, 2.75) is 51.6 Å². The van der Waals surface area contributed by atoms with Crippen LogP contribution in [0.4, 0.5) is 13.2 Å². The molecule has 0 N–H and O–H groups in total. The smallest absolute Gasteiger partial charge is 0.399 e. The molecule has 0 atom stereocenters. The first-order valence-corrected chi connectivity index (χ1v) is 6.54. The number of nitrogens with zero attached hydrogens (tertiary/aromatic N) is 1. The summed E-state index contributed by atoms with van der Waals surface area (Å²) < 4.78 is 49.5. The van der Waals surface area contributed by atoms with E-state index in [9.17, 15) is 18.0 Å². The summed E-state index contributed by atoms with van der Waals surface area (Å²) in [4.78, 5) is 11.5. The molecule has 1 aliphatic rings. The number of hydrogen-bond acceptors (Lipinski definition) is 3. The van der Waals surface area contributed by atoms with Crippen LogP contribution in [0, 0.1) is 0 Å². The number of pyridine rings is 1. The number of hydrogen-bond donors (Lipinski definition) is 0. The van der Waals surface area contributed by atoms with Crippen molar-refractivity contribution < 1.29 is 22.5 Å². The summed E-state index contributed by atoms with van der Waals surface area (Å²) in [7, 11) is -0.796. The Hall–Kier alpha value is -1.28. The molecule has 2 rings (SSSR count). The number of aromatic nitrogens is 1. The molecule has 0 amide bonds. The van der Waals surface area contributed by atoms with Gasteiger partial charge in [-0.25, -0.2) is 0 Å². The maximum Gasteiger partial charge on any atom is 0.496 e. The van der Waals surface area contributed by atoms with Gasteiger partial charge < -0.3 is 13.9 Å². The molecule has 8 heteroatoms. The van der Waals surface area contributed by atoms with Gasteiger partial charge in [-0.2, -0.15) is 13.2 Å². The largest absolute Gasteiger partial charge is 0.496 e. The van der Waals surface area contributed by atoms with Crippen molar-refractivity contribution in [2.24, 2.45) is 0 Å². The molecule has 116 valence electrons. The van der Waals surface area contributed by atoms with E-state index < -0.39 is 36.6 Å². The molecule has 21 heavy (non-hydrogen) atoms. The van der Waals surface area contributed by atoms with Crippen molar-refractivity contribution in [3.05, 3.63) is 28.7 Å². The van der Waals surface area contributed by atoms with Crippen LogP contribution in [-0.2, 0) is 15.9 Å². The van der Waals surface area contributed by atoms with Gasteiger partial charge in [-0.05, 0) is 33.2 Å². The summed E-state index contributed by atoms with van der Waals surface area (Å²) in [5.41, 5.74) is -1.52. The second-order valence-corrected chi connectivity index (χ2v) is 6.13. The van der Waals surface area contributed by atoms with Gasteiger partial charge in [0.2, 0.25) is 0 Å². The normalized spacial score (nSPS) is 20.8. The Morgan fingerprint density at radius 2 is 1.67 bits per heavy atom. The van der Waals surface area contributed by atoms with Crippen molar-refractivity contribution in [3.63, 3.8) is 0 Å². The third-order valence-corrected chi connectivity index (χ3v) is 3.88. The van der Waals surface area contributed by atoms with E-state index in [2.05, 4.69) is 0 Å². The fraction of sp³-hybridized carbons (Fsp3) is 0.615. The van der Waals surface area contributed by atoms with Crippen LogP contribution in [0.15, 0.2) is 23.1 Å². The molecule has 1 saturated heterocycles. The molecular formula is C13H17BF3NO3. The molecule has 0 radical (unpaired) electrons. The molecule has 0 unspecified atom stereocenters. The number of halogens is 3. The van der Waals surface area contributed by atoms with E-state index in [4.69, 9.17) is 9.31 Å². The monoisotopic (exact) mass is 303 g/mol. The Morgan fingerprint density at radius 1 is 1.14 bits per heavy atom. The maximum atomic E-state index is 12.5. The van der Waals surface area contributed by atoms with E-state index >= 15 is 0 Å². The van der Waals surface area contributed by atoms with Crippen LogP contribution in [0.3, 0.4) is 0 Å². The highest BCUT2D eigenvalue weighted by Gasteiger charge is 2.51. The molecular weight excluding hydrogens is 286 g/mol. The summed E-state index contributed by atoms with van der Waals surface area (Å²) in [6.07, 6.45) is -3.32. The Balaban J connectivity index is 2.31. The fourth-order valence-electron chi connectivity index (χ4n) is 1.99. The number of alkyl halides is 3. The molecule has 0 spiro atoms. The van der Waals surface area contributed by atoms with Gasteiger partial charge in [0.1, 0.15) is 6.54 Å². The van der Waals surface area contributed by atoms with Gasteiger partial charge in [-0.15, -0.1) is 0 Å². The first-order chi connectivity index (χ1) is 9.41. The number of rotatable bonds is 2. The molecule has 1 aromatic heterocycles. The molecule has 2 heterocycles. The highest BCUT2D eigenvalue weighted by Crippen LogP contribution is 2.36. The van der Waals surface area contributed by atoms with E-state index in [-0.39, 0.29) is 0 Å². The zero-order chi connectivity index (χ0) is 16.1. The van der Waals surface area contributed by atoms with Crippen molar-refractivity contribution in [1.29, 1.82) is 0 Å². The Bertz CT molecular complexity index is 579. The van der Waals surface area contributed by atoms with Gasteiger partial charge >= 0.3 is 13.3 Å². The van der Waals surface area contributed by atoms with Crippen LogP contribution in [0.2, 0.25) is 0 Å². The van der Waals surface area contributed by atoms with Crippen LogP contribution in [-0.4, -0.2) is 29.1 Å². The zero-order valence-corrected chi connectivity index (χ0v) is 12.3. The predicted octanol–water partition coefficient (Wildman–Crippen LogP) is 1.71. The topological polar surface area (TPSA) is 40.5 Å². The van der Waals surface area contributed by atoms with Crippen molar-refractivity contribution in [3.8, 4) is 0 Å². The minimum Gasteiger partial charge on any atom is -0.399 e. The molecule has 1 aromatic rings. The lowest BCUT2D eigenvalue weighted by molar-refractivity contribution is -0.141. The average Bonchev–Trinajstić information content (AvgIpc) is 2.49. The van der Waals surface area contributed by atoms with E-state index in [1.807, 2.05) is 27.7 Å². The molecule has 4 nitrogen and oxygen atoms in total. The summed E-state index contributed by atoms with van der Waals surface area (Å²) >= 11 is 0. The molecule has 0 aliphatic carbocycles. The fourth-order valence-corrected chi connectivity index (χ4v) is 1.99. The molecule has 1 fully saturated rings. The quantitative estimate of drug-likeness (QED) is 0.781. The van der Waals surface area contributed by atoms with Crippen molar-refractivity contribution in [2.75, 3.05) is 0 Å². The van der Waals surface area contributed by atoms with Gasteiger partial charge in [-0.1, -0.05) is 6.07 Å². The van der Waals surface area contributed by atoms with Gasteiger partial charge in [-0.3, -0.25) is 4.79 Å². The highest BCUT2D eigenvalue weighted by molar-refractivity contribution is 6.62. The lowest BCUT2D eigenvalue weighted by Crippen LogP contribution is -2.41.